The second kappa shape index (κ2) is 10.8. The second-order valence-corrected chi connectivity index (χ2v) is 11.1. The summed E-state index contributed by atoms with van der Waals surface area (Å²) in [7, 11) is 5.91. The van der Waals surface area contributed by atoms with Crippen molar-refractivity contribution < 1.29 is 57.2 Å². The molecule has 14 nitrogen and oxygen atoms in total. The molecule has 17 heteroatoms. The highest BCUT2D eigenvalue weighted by atomic mass is 19.4. The summed E-state index contributed by atoms with van der Waals surface area (Å²) in [6.45, 7) is -0.484. The van der Waals surface area contributed by atoms with Gasteiger partial charge in [-0.1, -0.05) is 0 Å². The van der Waals surface area contributed by atoms with Crippen LogP contribution in [-0.4, -0.2) is 102 Å². The van der Waals surface area contributed by atoms with E-state index in [4.69, 9.17) is 16.2 Å². The number of aliphatic hydroxyl groups excluding tert-OH is 2. The average Bonchev–Trinajstić information content (AvgIpc) is 2.90. The number of anilines is 2. The number of rotatable bonds is 6. The monoisotopic (exact) mass is 625 g/mol. The number of nitrogens with two attached hydrogens (primary N) is 2. The smallest absolute Gasteiger partial charge is 0.490 e. The zero-order chi connectivity index (χ0) is 33.2. The maximum absolute atomic E-state index is 14.1. The van der Waals surface area contributed by atoms with Crippen molar-refractivity contribution in [1.29, 1.82) is 0 Å². The summed E-state index contributed by atoms with van der Waals surface area (Å²) >= 11 is 0. The fourth-order valence-electron chi connectivity index (χ4n) is 6.35. The molecule has 2 amide bonds. The number of hydrogen-bond acceptors (Lipinski definition) is 12. The van der Waals surface area contributed by atoms with E-state index in [0.29, 0.717) is 5.69 Å². The number of fused-ring (bicyclic) bond motifs is 3. The highest BCUT2D eigenvalue weighted by molar-refractivity contribution is 6.25. The van der Waals surface area contributed by atoms with Gasteiger partial charge in [-0.3, -0.25) is 24.1 Å². The fourth-order valence-corrected chi connectivity index (χ4v) is 6.35. The lowest BCUT2D eigenvalue weighted by atomic mass is 9.58. The first kappa shape index (κ1) is 32.3. The number of esters is 1. The standard InChI is InChI=1S/C27H30F3N5O9/c1-34(2)13-7-12(33-14(36)8-31)19(37)16-10(13)5-9-6-11-18(35(3)4)21(39)17(24(32)42)23(41)26(11,22(40)15(9)20(16)38)44-25(43)27(28,29)30/h7,9,11,18,37,39-40H,5-6,8,31H2,1-4H3,(H2,32,42)(H,33,36)/t9?,11?,18-,26-/m0/s1. The number of aliphatic hydroxyl groups is 2. The second-order valence-electron chi connectivity index (χ2n) is 11.1. The van der Waals surface area contributed by atoms with E-state index >= 15 is 0 Å². The number of alkyl halides is 3. The number of phenols is 1. The predicted octanol–water partition coefficient (Wildman–Crippen LogP) is 0.197. The largest absolute Gasteiger partial charge is 0.510 e. The molecular weight excluding hydrogens is 595 g/mol. The summed E-state index contributed by atoms with van der Waals surface area (Å²) in [4.78, 5) is 67.3. The number of halogens is 3. The normalized spacial score (nSPS) is 24.9. The zero-order valence-corrected chi connectivity index (χ0v) is 23.9. The number of primary amides is 1. The van der Waals surface area contributed by atoms with E-state index in [1.165, 1.54) is 25.1 Å². The molecule has 0 bridgehead atoms. The third-order valence-electron chi connectivity index (χ3n) is 8.09. The van der Waals surface area contributed by atoms with Crippen LogP contribution in [0.2, 0.25) is 0 Å². The molecule has 0 heterocycles. The number of nitrogens with zero attached hydrogens (tertiary/aromatic N) is 2. The number of nitrogens with one attached hydrogen (secondary N) is 1. The molecule has 4 atom stereocenters. The van der Waals surface area contributed by atoms with Gasteiger partial charge in [-0.2, -0.15) is 13.2 Å². The van der Waals surface area contributed by atoms with Gasteiger partial charge in [-0.15, -0.1) is 0 Å². The van der Waals surface area contributed by atoms with E-state index in [9.17, 15) is 52.5 Å². The number of amides is 2. The van der Waals surface area contributed by atoms with Gasteiger partial charge in [-0.25, -0.2) is 4.79 Å². The lowest BCUT2D eigenvalue weighted by Gasteiger charge is -2.51. The van der Waals surface area contributed by atoms with E-state index < -0.39 is 106 Å². The third-order valence-corrected chi connectivity index (χ3v) is 8.09. The first-order valence-electron chi connectivity index (χ1n) is 13.1. The molecule has 0 saturated heterocycles. The molecule has 0 saturated carbocycles. The third kappa shape index (κ3) is 4.71. The number of benzene rings is 1. The van der Waals surface area contributed by atoms with Crippen molar-refractivity contribution in [1.82, 2.24) is 4.90 Å². The molecule has 3 aliphatic carbocycles. The van der Waals surface area contributed by atoms with Crippen LogP contribution in [0.5, 0.6) is 5.75 Å². The van der Waals surface area contributed by atoms with Gasteiger partial charge in [0, 0.05) is 31.3 Å². The van der Waals surface area contributed by atoms with Crippen LogP contribution < -0.4 is 21.7 Å². The molecule has 0 fully saturated rings. The van der Waals surface area contributed by atoms with Crippen molar-refractivity contribution in [3.8, 4) is 5.75 Å². The Morgan fingerprint density at radius 1 is 1.14 bits per heavy atom. The van der Waals surface area contributed by atoms with E-state index in [-0.39, 0.29) is 17.7 Å². The first-order valence-corrected chi connectivity index (χ1v) is 13.1. The van der Waals surface area contributed by atoms with Crippen LogP contribution in [0, 0.1) is 11.8 Å². The molecule has 8 N–H and O–H groups in total. The van der Waals surface area contributed by atoms with Crippen molar-refractivity contribution in [2.24, 2.45) is 23.3 Å². The molecule has 1 aromatic rings. The molecule has 4 rings (SSSR count). The minimum absolute atomic E-state index is 0.131. The Morgan fingerprint density at radius 2 is 1.75 bits per heavy atom. The summed E-state index contributed by atoms with van der Waals surface area (Å²) in [6.07, 6.45) is -6.24. The number of carbonyl (C=O) groups is 5. The zero-order valence-electron chi connectivity index (χ0n) is 23.9. The highest BCUT2D eigenvalue weighted by Crippen LogP contribution is 2.55. The number of likely N-dealkylation sites (N-methyl/N-ethyl adjacent to an activating group) is 1. The van der Waals surface area contributed by atoms with Crippen LogP contribution in [0.1, 0.15) is 22.3 Å². The molecule has 0 radical (unpaired) electrons. The summed E-state index contributed by atoms with van der Waals surface area (Å²) < 4.78 is 45.4. The van der Waals surface area contributed by atoms with Gasteiger partial charge in [0.15, 0.2) is 17.3 Å². The van der Waals surface area contributed by atoms with Crippen LogP contribution >= 0.6 is 0 Å². The van der Waals surface area contributed by atoms with Crippen molar-refractivity contribution in [2.45, 2.75) is 30.7 Å². The van der Waals surface area contributed by atoms with Gasteiger partial charge in [0.1, 0.15) is 11.3 Å². The maximum Gasteiger partial charge on any atom is 0.490 e. The molecule has 0 aliphatic heterocycles. The SMILES string of the molecule is CN(C)c1cc(NC(=O)CN)c(O)c2c1CC1CC3[C@H](N(C)C)C(O)=C(C(N)=O)C(=O)[C@@]3(OC(=O)C(F)(F)F)C(O)=C1C2=O. The van der Waals surface area contributed by atoms with Gasteiger partial charge in [0.05, 0.1) is 23.8 Å². The Hall–Kier alpha value is -4.64. The highest BCUT2D eigenvalue weighted by Gasteiger charge is 2.68. The Balaban J connectivity index is 2.07. The van der Waals surface area contributed by atoms with Gasteiger partial charge >= 0.3 is 12.1 Å². The number of Topliss-reactive ketones (excluding diaryl/α,β-unsaturated/α-hetero) is 2. The molecule has 238 valence electrons. The van der Waals surface area contributed by atoms with E-state index in [1.807, 2.05) is 0 Å². The quantitative estimate of drug-likeness (QED) is 0.142. The van der Waals surface area contributed by atoms with E-state index in [1.54, 1.807) is 19.0 Å². The number of carbonyl (C=O) groups excluding carboxylic acids is 5. The van der Waals surface area contributed by atoms with Crippen LogP contribution in [0.4, 0.5) is 24.5 Å². The van der Waals surface area contributed by atoms with Crippen molar-refractivity contribution in [3.05, 3.63) is 39.9 Å². The maximum atomic E-state index is 14.1. The first-order chi connectivity index (χ1) is 20.3. The Labute approximate surface area is 247 Å². The van der Waals surface area contributed by atoms with Gasteiger partial charge in [0.25, 0.3) is 5.91 Å². The molecule has 1 aromatic carbocycles. The van der Waals surface area contributed by atoms with E-state index in [0.717, 1.165) is 0 Å². The van der Waals surface area contributed by atoms with Crippen LogP contribution in [0.3, 0.4) is 0 Å². The van der Waals surface area contributed by atoms with Gasteiger partial charge in [-0.05, 0) is 44.5 Å². The van der Waals surface area contributed by atoms with Crippen LogP contribution in [-0.2, 0) is 30.3 Å². The van der Waals surface area contributed by atoms with Gasteiger partial charge < -0.3 is 41.7 Å². The Morgan fingerprint density at radius 3 is 2.25 bits per heavy atom. The molecule has 0 aromatic heterocycles. The number of aromatic hydroxyl groups is 1. The van der Waals surface area contributed by atoms with E-state index in [2.05, 4.69) is 5.32 Å². The molecule has 0 spiro atoms. The molecule has 44 heavy (non-hydrogen) atoms. The predicted molar refractivity (Wildman–Crippen MR) is 146 cm³/mol. The van der Waals surface area contributed by atoms with Gasteiger partial charge in [0.2, 0.25) is 17.3 Å². The molecule has 3 aliphatic rings. The number of phenolic OH excluding ortho intramolecular Hbond substituents is 1. The number of allylic oxidation sites excluding steroid dienone is 1. The number of hydrogen-bond donors (Lipinski definition) is 6. The summed E-state index contributed by atoms with van der Waals surface area (Å²) in [5.41, 5.74) is 5.34. The summed E-state index contributed by atoms with van der Waals surface area (Å²) in [5.74, 6) is -13.9. The van der Waals surface area contributed by atoms with Crippen molar-refractivity contribution in [3.63, 3.8) is 0 Å². The number of ether oxygens (including phenoxy) is 1. The summed E-state index contributed by atoms with van der Waals surface area (Å²) in [5, 5.41) is 36.1. The Kier molecular flexibility index (Phi) is 7.93. The molecular formula is C27H30F3N5O9. The lowest BCUT2D eigenvalue weighted by Crippen LogP contribution is -2.66. The summed E-state index contributed by atoms with van der Waals surface area (Å²) in [6, 6.07) is -0.116. The van der Waals surface area contributed by atoms with Crippen molar-refractivity contribution in [2.75, 3.05) is 45.0 Å². The number of ketones is 2. The fraction of sp³-hybridized carbons (Fsp3) is 0.444. The topological polar surface area (TPSA) is 226 Å². The molecule has 2 unspecified atom stereocenters. The minimum atomic E-state index is -5.69. The van der Waals surface area contributed by atoms with Crippen molar-refractivity contribution >= 4 is 40.7 Å². The van der Waals surface area contributed by atoms with Crippen LogP contribution in [0.25, 0.3) is 0 Å². The average molecular weight is 626 g/mol. The van der Waals surface area contributed by atoms with Crippen LogP contribution in [0.15, 0.2) is 28.7 Å². The minimum Gasteiger partial charge on any atom is -0.510 e. The Bertz CT molecular complexity index is 1570. The lowest BCUT2D eigenvalue weighted by molar-refractivity contribution is -0.220.